The molecule has 1 aromatic heterocycles. The molecule has 15 heavy (non-hydrogen) atoms. The minimum Gasteiger partial charge on any atom is -0.480 e. The van der Waals surface area contributed by atoms with Crippen LogP contribution in [0.3, 0.4) is 0 Å². The number of aliphatic carboxylic acids is 1. The summed E-state index contributed by atoms with van der Waals surface area (Å²) in [7, 11) is 0. The van der Waals surface area contributed by atoms with Gasteiger partial charge in [-0.15, -0.1) is 0 Å². The fraction of sp³-hybridized carbons (Fsp3) is 0.455. The van der Waals surface area contributed by atoms with E-state index in [1.807, 2.05) is 12.1 Å². The summed E-state index contributed by atoms with van der Waals surface area (Å²) in [5, 5.41) is 11.6. The molecule has 0 amide bonds. The van der Waals surface area contributed by atoms with E-state index in [0.29, 0.717) is 11.7 Å². The lowest BCUT2D eigenvalue weighted by molar-refractivity contribution is -0.137. The highest BCUT2D eigenvalue weighted by molar-refractivity contribution is 5.76. The van der Waals surface area contributed by atoms with Crippen LogP contribution in [-0.2, 0) is 4.79 Å². The first kappa shape index (κ1) is 9.96. The first-order valence-corrected chi connectivity index (χ1v) is 5.13. The predicted molar refractivity (Wildman–Crippen MR) is 56.9 cm³/mol. The zero-order valence-corrected chi connectivity index (χ0v) is 8.60. The Balaban J connectivity index is 2.07. The van der Waals surface area contributed by atoms with Crippen molar-refractivity contribution in [2.45, 2.75) is 31.7 Å². The first-order valence-electron chi connectivity index (χ1n) is 5.13. The van der Waals surface area contributed by atoms with Gasteiger partial charge in [-0.05, 0) is 31.9 Å². The second-order valence-electron chi connectivity index (χ2n) is 3.93. The third-order valence-corrected chi connectivity index (χ3v) is 2.50. The van der Waals surface area contributed by atoms with E-state index in [0.717, 1.165) is 5.69 Å². The molecular weight excluding hydrogens is 192 g/mol. The molecule has 4 heteroatoms. The van der Waals surface area contributed by atoms with Crippen LogP contribution in [-0.4, -0.2) is 22.1 Å². The maximum absolute atomic E-state index is 10.6. The number of nitrogens with zero attached hydrogens (tertiary/aromatic N) is 1. The molecule has 0 aromatic carbocycles. The quantitative estimate of drug-likeness (QED) is 0.789. The molecule has 2 rings (SSSR count). The van der Waals surface area contributed by atoms with Crippen LogP contribution >= 0.6 is 0 Å². The molecule has 4 nitrogen and oxygen atoms in total. The van der Waals surface area contributed by atoms with Gasteiger partial charge in [0, 0.05) is 11.6 Å². The van der Waals surface area contributed by atoms with Crippen LogP contribution in [0.25, 0.3) is 0 Å². The number of hydrogen-bond donors (Lipinski definition) is 2. The fourth-order valence-corrected chi connectivity index (χ4v) is 1.42. The van der Waals surface area contributed by atoms with Gasteiger partial charge in [-0.25, -0.2) is 4.98 Å². The number of nitrogens with one attached hydrogen (secondary N) is 1. The number of pyridine rings is 1. The number of carboxylic acid groups (broad SMARTS) is 1. The van der Waals surface area contributed by atoms with Crippen LogP contribution < -0.4 is 5.32 Å². The Bertz CT molecular complexity index is 375. The fourth-order valence-electron chi connectivity index (χ4n) is 1.42. The summed E-state index contributed by atoms with van der Waals surface area (Å²) < 4.78 is 0. The van der Waals surface area contributed by atoms with Crippen molar-refractivity contribution in [1.29, 1.82) is 0 Å². The van der Waals surface area contributed by atoms with E-state index in [1.165, 1.54) is 12.8 Å². The molecule has 1 saturated carbocycles. The second-order valence-corrected chi connectivity index (χ2v) is 3.93. The van der Waals surface area contributed by atoms with E-state index < -0.39 is 12.0 Å². The van der Waals surface area contributed by atoms with Gasteiger partial charge in [0.05, 0.1) is 0 Å². The molecule has 0 spiro atoms. The van der Waals surface area contributed by atoms with E-state index in [9.17, 15) is 4.79 Å². The van der Waals surface area contributed by atoms with E-state index in [-0.39, 0.29) is 0 Å². The molecule has 1 atom stereocenters. The molecule has 1 aliphatic rings. The molecule has 1 fully saturated rings. The van der Waals surface area contributed by atoms with Crippen LogP contribution in [0.1, 0.15) is 31.4 Å². The summed E-state index contributed by atoms with van der Waals surface area (Å²) in [6.07, 6.45) is 2.40. The van der Waals surface area contributed by atoms with Crippen LogP contribution in [0.15, 0.2) is 18.2 Å². The molecule has 2 N–H and O–H groups in total. The lowest BCUT2D eigenvalue weighted by atomic mass is 10.2. The average molecular weight is 206 g/mol. The van der Waals surface area contributed by atoms with E-state index >= 15 is 0 Å². The van der Waals surface area contributed by atoms with Crippen molar-refractivity contribution < 1.29 is 9.90 Å². The zero-order valence-electron chi connectivity index (χ0n) is 8.60. The number of carbonyl (C=O) groups is 1. The molecule has 0 saturated heterocycles. The van der Waals surface area contributed by atoms with E-state index in [1.54, 1.807) is 13.0 Å². The summed E-state index contributed by atoms with van der Waals surface area (Å²) in [5.74, 6) is 0.370. The number of rotatable bonds is 4. The van der Waals surface area contributed by atoms with Gasteiger partial charge >= 0.3 is 5.97 Å². The highest BCUT2D eigenvalue weighted by Crippen LogP contribution is 2.39. The predicted octanol–water partition coefficient (Wildman–Crippen LogP) is 1.84. The van der Waals surface area contributed by atoms with Crippen molar-refractivity contribution in [2.24, 2.45) is 0 Å². The van der Waals surface area contributed by atoms with Crippen molar-refractivity contribution in [3.05, 3.63) is 23.9 Å². The molecule has 0 radical (unpaired) electrons. The third-order valence-electron chi connectivity index (χ3n) is 2.50. The van der Waals surface area contributed by atoms with Crippen LogP contribution in [0.5, 0.6) is 0 Å². The van der Waals surface area contributed by atoms with Gasteiger partial charge in [-0.1, -0.05) is 6.07 Å². The van der Waals surface area contributed by atoms with Gasteiger partial charge in [0.2, 0.25) is 0 Å². The monoisotopic (exact) mass is 206 g/mol. The summed E-state index contributed by atoms with van der Waals surface area (Å²) >= 11 is 0. The Morgan fingerprint density at radius 3 is 2.93 bits per heavy atom. The Morgan fingerprint density at radius 2 is 2.33 bits per heavy atom. The SMILES string of the molecule is CC(Nc1cccc(C2CC2)n1)C(=O)O. The number of aromatic nitrogens is 1. The van der Waals surface area contributed by atoms with Gasteiger partial charge in [0.15, 0.2) is 0 Å². The summed E-state index contributed by atoms with van der Waals surface area (Å²) in [5.41, 5.74) is 1.07. The molecule has 1 heterocycles. The average Bonchev–Trinajstić information content (AvgIpc) is 3.01. The van der Waals surface area contributed by atoms with Crippen molar-refractivity contribution in [1.82, 2.24) is 4.98 Å². The van der Waals surface area contributed by atoms with E-state index in [4.69, 9.17) is 5.11 Å². The number of carboxylic acids is 1. The summed E-state index contributed by atoms with van der Waals surface area (Å²) in [6, 6.07) is 5.10. The zero-order chi connectivity index (χ0) is 10.8. The second kappa shape index (κ2) is 3.88. The first-order chi connectivity index (χ1) is 7.16. The summed E-state index contributed by atoms with van der Waals surface area (Å²) in [6.45, 7) is 1.60. The molecule has 1 aromatic rings. The lowest BCUT2D eigenvalue weighted by Gasteiger charge is -2.10. The maximum Gasteiger partial charge on any atom is 0.325 e. The lowest BCUT2D eigenvalue weighted by Crippen LogP contribution is -2.25. The molecule has 1 aliphatic carbocycles. The highest BCUT2D eigenvalue weighted by atomic mass is 16.4. The van der Waals surface area contributed by atoms with Gasteiger partial charge in [-0.3, -0.25) is 4.79 Å². The minimum absolute atomic E-state index is 0.590. The molecule has 0 bridgehead atoms. The molecule has 1 unspecified atom stereocenters. The highest BCUT2D eigenvalue weighted by Gasteiger charge is 2.25. The standard InChI is InChI=1S/C11H14N2O2/c1-7(11(14)15)12-10-4-2-3-9(13-10)8-5-6-8/h2-4,7-8H,5-6H2,1H3,(H,12,13)(H,14,15). The Labute approximate surface area is 88.3 Å². The normalized spacial score (nSPS) is 17.1. The molecule has 0 aliphatic heterocycles. The Morgan fingerprint density at radius 1 is 1.60 bits per heavy atom. The van der Waals surface area contributed by atoms with Gasteiger partial charge in [-0.2, -0.15) is 0 Å². The van der Waals surface area contributed by atoms with Crippen molar-refractivity contribution in [3.8, 4) is 0 Å². The van der Waals surface area contributed by atoms with Gasteiger partial charge in [0.1, 0.15) is 11.9 Å². The topological polar surface area (TPSA) is 62.2 Å². The molecule has 80 valence electrons. The van der Waals surface area contributed by atoms with Crippen molar-refractivity contribution in [3.63, 3.8) is 0 Å². The largest absolute Gasteiger partial charge is 0.480 e. The van der Waals surface area contributed by atoms with Crippen molar-refractivity contribution >= 4 is 11.8 Å². The Hall–Kier alpha value is -1.58. The number of hydrogen-bond acceptors (Lipinski definition) is 3. The Kier molecular flexibility index (Phi) is 2.58. The van der Waals surface area contributed by atoms with Crippen LogP contribution in [0.2, 0.25) is 0 Å². The third kappa shape index (κ3) is 2.46. The smallest absolute Gasteiger partial charge is 0.325 e. The maximum atomic E-state index is 10.6. The van der Waals surface area contributed by atoms with Gasteiger partial charge < -0.3 is 10.4 Å². The van der Waals surface area contributed by atoms with Gasteiger partial charge in [0.25, 0.3) is 0 Å². The summed E-state index contributed by atoms with van der Waals surface area (Å²) in [4.78, 5) is 15.0. The number of anilines is 1. The van der Waals surface area contributed by atoms with Crippen LogP contribution in [0, 0.1) is 0 Å². The minimum atomic E-state index is -0.867. The molecular formula is C11H14N2O2. The van der Waals surface area contributed by atoms with Crippen LogP contribution in [0.4, 0.5) is 5.82 Å². The van der Waals surface area contributed by atoms with E-state index in [2.05, 4.69) is 10.3 Å². The van der Waals surface area contributed by atoms with Crippen molar-refractivity contribution in [2.75, 3.05) is 5.32 Å².